The minimum absolute atomic E-state index is 0.0360. The van der Waals surface area contributed by atoms with Crippen LogP contribution in [0.5, 0.6) is 0 Å². The zero-order chi connectivity index (χ0) is 14.4. The lowest BCUT2D eigenvalue weighted by molar-refractivity contribution is -0.121. The van der Waals surface area contributed by atoms with E-state index < -0.39 is 0 Å². The van der Waals surface area contributed by atoms with Crippen molar-refractivity contribution >= 4 is 17.7 Å². The van der Waals surface area contributed by atoms with E-state index >= 15 is 0 Å². The van der Waals surface area contributed by atoms with E-state index in [2.05, 4.69) is 36.6 Å². The first-order chi connectivity index (χ1) is 9.58. The van der Waals surface area contributed by atoms with Gasteiger partial charge in [0.05, 0.1) is 0 Å². The molecule has 4 heteroatoms. The van der Waals surface area contributed by atoms with Crippen molar-refractivity contribution < 1.29 is 4.79 Å². The van der Waals surface area contributed by atoms with Crippen LogP contribution < -0.4 is 10.6 Å². The van der Waals surface area contributed by atoms with Crippen LogP contribution in [0.25, 0.3) is 0 Å². The maximum absolute atomic E-state index is 12.0. The molecular formula is C16H24N2OS. The molecule has 20 heavy (non-hydrogen) atoms. The molecule has 1 aliphatic rings. The van der Waals surface area contributed by atoms with Crippen LogP contribution in [-0.2, 0) is 10.2 Å². The average molecular weight is 292 g/mol. The maximum atomic E-state index is 12.0. The number of carbonyl (C=O) groups excluding carboxylic acids is 1. The fraction of sp³-hybridized carbons (Fsp3) is 0.562. The number of nitrogens with one attached hydrogen (secondary N) is 2. The first-order valence-electron chi connectivity index (χ1n) is 7.21. The van der Waals surface area contributed by atoms with E-state index in [1.165, 1.54) is 5.56 Å². The Morgan fingerprint density at radius 2 is 2.15 bits per heavy atom. The van der Waals surface area contributed by atoms with Crippen LogP contribution in [0.3, 0.4) is 0 Å². The molecular weight excluding hydrogens is 268 g/mol. The Balaban J connectivity index is 1.80. The quantitative estimate of drug-likeness (QED) is 0.874. The molecule has 1 aromatic carbocycles. The lowest BCUT2D eigenvalue weighted by Gasteiger charge is -2.27. The Hall–Kier alpha value is -1.00. The van der Waals surface area contributed by atoms with Gasteiger partial charge in [0, 0.05) is 42.5 Å². The maximum Gasteiger partial charge on any atom is 0.221 e. The molecule has 110 valence electrons. The van der Waals surface area contributed by atoms with Crippen molar-refractivity contribution in [3.8, 4) is 0 Å². The number of benzene rings is 1. The van der Waals surface area contributed by atoms with Gasteiger partial charge in [-0.2, -0.15) is 11.8 Å². The van der Waals surface area contributed by atoms with Gasteiger partial charge >= 0.3 is 0 Å². The van der Waals surface area contributed by atoms with Crippen molar-refractivity contribution in [3.63, 3.8) is 0 Å². The highest BCUT2D eigenvalue weighted by molar-refractivity contribution is 7.99. The monoisotopic (exact) mass is 292 g/mol. The van der Waals surface area contributed by atoms with Crippen molar-refractivity contribution in [3.05, 3.63) is 35.9 Å². The Bertz CT molecular complexity index is 427. The predicted molar refractivity (Wildman–Crippen MR) is 86.2 cm³/mol. The largest absolute Gasteiger partial charge is 0.355 e. The van der Waals surface area contributed by atoms with Crippen LogP contribution in [0.1, 0.15) is 25.8 Å². The molecule has 0 bridgehead atoms. The van der Waals surface area contributed by atoms with Crippen molar-refractivity contribution in [2.75, 3.05) is 24.6 Å². The van der Waals surface area contributed by atoms with E-state index in [1.807, 2.05) is 30.0 Å². The van der Waals surface area contributed by atoms with Crippen LogP contribution in [0.2, 0.25) is 0 Å². The van der Waals surface area contributed by atoms with Gasteiger partial charge in [-0.25, -0.2) is 0 Å². The van der Waals surface area contributed by atoms with Gasteiger partial charge in [0.25, 0.3) is 0 Å². The summed E-state index contributed by atoms with van der Waals surface area (Å²) in [7, 11) is 0. The number of rotatable bonds is 5. The molecule has 1 saturated heterocycles. The number of carbonyl (C=O) groups is 1. The summed E-state index contributed by atoms with van der Waals surface area (Å²) >= 11 is 1.92. The zero-order valence-electron chi connectivity index (χ0n) is 12.3. The molecule has 1 amide bonds. The molecule has 2 N–H and O–H groups in total. The van der Waals surface area contributed by atoms with E-state index in [4.69, 9.17) is 0 Å². The standard InChI is InChI=1S/C16H24N2OS/c1-16(2,13-6-4-3-5-7-13)12-18-15(19)10-14-11-20-9-8-17-14/h3-7,14,17H,8-12H2,1-2H3,(H,18,19). The summed E-state index contributed by atoms with van der Waals surface area (Å²) in [6.07, 6.45) is 0.581. The lowest BCUT2D eigenvalue weighted by Crippen LogP contribution is -2.43. The molecule has 1 aromatic rings. The molecule has 2 rings (SSSR count). The summed E-state index contributed by atoms with van der Waals surface area (Å²) in [5, 5.41) is 6.48. The van der Waals surface area contributed by atoms with Crippen LogP contribution in [-0.4, -0.2) is 36.5 Å². The molecule has 0 spiro atoms. The molecule has 0 radical (unpaired) electrons. The van der Waals surface area contributed by atoms with E-state index in [9.17, 15) is 4.79 Å². The van der Waals surface area contributed by atoms with Crippen LogP contribution in [0, 0.1) is 0 Å². The average Bonchev–Trinajstić information content (AvgIpc) is 2.47. The second kappa shape index (κ2) is 7.14. The van der Waals surface area contributed by atoms with E-state index in [0.29, 0.717) is 19.0 Å². The number of amides is 1. The fourth-order valence-corrected chi connectivity index (χ4v) is 3.31. The van der Waals surface area contributed by atoms with Gasteiger partial charge < -0.3 is 10.6 Å². The van der Waals surface area contributed by atoms with Crippen molar-refractivity contribution in [1.29, 1.82) is 0 Å². The second-order valence-corrected chi connectivity index (χ2v) is 7.11. The van der Waals surface area contributed by atoms with Gasteiger partial charge in [0.1, 0.15) is 0 Å². The van der Waals surface area contributed by atoms with Gasteiger partial charge in [0.2, 0.25) is 5.91 Å². The molecule has 0 aromatic heterocycles. The topological polar surface area (TPSA) is 41.1 Å². The van der Waals surface area contributed by atoms with Crippen molar-refractivity contribution in [1.82, 2.24) is 10.6 Å². The van der Waals surface area contributed by atoms with Gasteiger partial charge in [-0.05, 0) is 5.56 Å². The third kappa shape index (κ3) is 4.53. The molecule has 1 fully saturated rings. The van der Waals surface area contributed by atoms with E-state index in [-0.39, 0.29) is 11.3 Å². The molecule has 1 atom stereocenters. The minimum atomic E-state index is -0.0360. The van der Waals surface area contributed by atoms with Crippen LogP contribution in [0.15, 0.2) is 30.3 Å². The third-order valence-corrected chi connectivity index (χ3v) is 4.84. The van der Waals surface area contributed by atoms with Gasteiger partial charge in [-0.1, -0.05) is 44.2 Å². The van der Waals surface area contributed by atoms with Crippen molar-refractivity contribution in [2.45, 2.75) is 31.7 Å². The first kappa shape index (κ1) is 15.4. The van der Waals surface area contributed by atoms with Gasteiger partial charge in [-0.15, -0.1) is 0 Å². The lowest BCUT2D eigenvalue weighted by atomic mass is 9.84. The Kier molecular flexibility index (Phi) is 5.49. The third-order valence-electron chi connectivity index (χ3n) is 3.71. The Labute approximate surface area is 125 Å². The summed E-state index contributed by atoms with van der Waals surface area (Å²) in [4.78, 5) is 12.0. The molecule has 0 saturated carbocycles. The molecule has 1 aliphatic heterocycles. The second-order valence-electron chi connectivity index (χ2n) is 5.96. The fourth-order valence-electron chi connectivity index (χ4n) is 2.36. The Morgan fingerprint density at radius 3 is 2.80 bits per heavy atom. The van der Waals surface area contributed by atoms with E-state index in [1.54, 1.807) is 0 Å². The Morgan fingerprint density at radius 1 is 1.40 bits per heavy atom. The van der Waals surface area contributed by atoms with Crippen molar-refractivity contribution in [2.24, 2.45) is 0 Å². The smallest absolute Gasteiger partial charge is 0.221 e. The molecule has 3 nitrogen and oxygen atoms in total. The zero-order valence-corrected chi connectivity index (χ0v) is 13.1. The summed E-state index contributed by atoms with van der Waals surface area (Å²) in [5.41, 5.74) is 1.22. The summed E-state index contributed by atoms with van der Waals surface area (Å²) in [6.45, 7) is 6.02. The molecule has 1 unspecified atom stereocenters. The summed E-state index contributed by atoms with van der Waals surface area (Å²) in [6, 6.07) is 10.7. The highest BCUT2D eigenvalue weighted by atomic mass is 32.2. The molecule has 1 heterocycles. The SMILES string of the molecule is CC(C)(CNC(=O)CC1CSCCN1)c1ccccc1. The first-order valence-corrected chi connectivity index (χ1v) is 8.37. The minimum Gasteiger partial charge on any atom is -0.355 e. The number of hydrogen-bond acceptors (Lipinski definition) is 3. The normalized spacial score (nSPS) is 19.6. The highest BCUT2D eigenvalue weighted by Crippen LogP contribution is 2.21. The number of thioether (sulfide) groups is 1. The van der Waals surface area contributed by atoms with Crippen LogP contribution >= 0.6 is 11.8 Å². The highest BCUT2D eigenvalue weighted by Gasteiger charge is 2.22. The predicted octanol–water partition coefficient (Wildman–Crippen LogP) is 2.18. The van der Waals surface area contributed by atoms with Crippen LogP contribution in [0.4, 0.5) is 0 Å². The summed E-state index contributed by atoms with van der Waals surface area (Å²) in [5.74, 6) is 2.34. The van der Waals surface area contributed by atoms with Gasteiger partial charge in [0.15, 0.2) is 0 Å². The number of hydrogen-bond donors (Lipinski definition) is 2. The molecule has 0 aliphatic carbocycles. The van der Waals surface area contributed by atoms with E-state index in [0.717, 1.165) is 18.1 Å². The van der Waals surface area contributed by atoms with Gasteiger partial charge in [-0.3, -0.25) is 4.79 Å². The summed E-state index contributed by atoms with van der Waals surface area (Å²) < 4.78 is 0.